The second-order valence-electron chi connectivity index (χ2n) is 4.59. The van der Waals surface area contributed by atoms with E-state index >= 15 is 0 Å². The minimum atomic E-state index is -0.440. The molecular weight excluding hydrogens is 331 g/mol. The molecule has 0 saturated carbocycles. The molecule has 0 aliphatic rings. The maximum atomic E-state index is 12.2. The fraction of sp³-hybridized carbons (Fsp3) is 0.231. The van der Waals surface area contributed by atoms with Gasteiger partial charge in [-0.25, -0.2) is 14.1 Å². The van der Waals surface area contributed by atoms with E-state index in [2.05, 4.69) is 23.1 Å². The van der Waals surface area contributed by atoms with Crippen LogP contribution in [0.2, 0.25) is 10.0 Å². The van der Waals surface area contributed by atoms with Gasteiger partial charge in [0.2, 0.25) is 5.95 Å². The summed E-state index contributed by atoms with van der Waals surface area (Å²) in [5.74, 6) is 0.453. The van der Waals surface area contributed by atoms with Gasteiger partial charge in [-0.1, -0.05) is 36.0 Å². The molecule has 0 atom stereocenters. The van der Waals surface area contributed by atoms with Crippen LogP contribution in [0.15, 0.2) is 30.6 Å². The maximum Gasteiger partial charge on any atom is 0.338 e. The molecule has 112 valence electrons. The zero-order valence-electron chi connectivity index (χ0n) is 11.4. The highest BCUT2D eigenvalue weighted by Crippen LogP contribution is 2.28. The third-order valence-corrected chi connectivity index (χ3v) is 3.94. The minimum absolute atomic E-state index is 0.182. The van der Waals surface area contributed by atoms with Crippen molar-refractivity contribution in [2.75, 3.05) is 9.62 Å². The molecule has 0 aliphatic carbocycles. The molecule has 1 N–H and O–H groups in total. The van der Waals surface area contributed by atoms with Gasteiger partial charge in [0.15, 0.2) is 0 Å². The molecule has 2 aromatic rings. The van der Waals surface area contributed by atoms with Gasteiger partial charge in [-0.3, -0.25) is 5.32 Å². The number of amides is 2. The topological polar surface area (TPSA) is 50.2 Å². The lowest BCUT2D eigenvalue weighted by Crippen LogP contribution is -2.28. The number of aromatic nitrogens is 2. The number of imidazole rings is 1. The van der Waals surface area contributed by atoms with Crippen molar-refractivity contribution in [2.45, 2.75) is 19.9 Å². The molecule has 0 unspecified atom stereocenters. The average molecular weight is 345 g/mol. The van der Waals surface area contributed by atoms with Gasteiger partial charge in [-0.2, -0.15) is 0 Å². The highest BCUT2D eigenvalue weighted by atomic mass is 35.5. The van der Waals surface area contributed by atoms with Crippen LogP contribution >= 0.6 is 36.0 Å². The Morgan fingerprint density at radius 1 is 1.38 bits per heavy atom. The Morgan fingerprint density at radius 2 is 2.10 bits per heavy atom. The number of thiol groups is 1. The zero-order valence-corrected chi connectivity index (χ0v) is 13.8. The van der Waals surface area contributed by atoms with Crippen molar-refractivity contribution in [3.63, 3.8) is 0 Å². The Bertz CT molecular complexity index is 659. The van der Waals surface area contributed by atoms with Gasteiger partial charge in [0.1, 0.15) is 0 Å². The number of hydrogen-bond donors (Lipinski definition) is 2. The first-order chi connectivity index (χ1) is 9.90. The van der Waals surface area contributed by atoms with Crippen molar-refractivity contribution in [1.82, 2.24) is 9.55 Å². The molecule has 8 heteroatoms. The van der Waals surface area contributed by atoms with Crippen LogP contribution < -0.4 is 9.62 Å². The molecule has 0 bridgehead atoms. The summed E-state index contributed by atoms with van der Waals surface area (Å²) in [5, 5.41) is 3.46. The minimum Gasteiger partial charge on any atom is -0.315 e. The third kappa shape index (κ3) is 3.64. The number of urea groups is 1. The molecule has 0 fully saturated rings. The zero-order chi connectivity index (χ0) is 15.6. The first-order valence-electron chi connectivity index (χ1n) is 6.18. The van der Waals surface area contributed by atoms with E-state index < -0.39 is 6.03 Å². The van der Waals surface area contributed by atoms with Crippen LogP contribution in [0, 0.1) is 0 Å². The monoisotopic (exact) mass is 344 g/mol. The van der Waals surface area contributed by atoms with Gasteiger partial charge in [0, 0.05) is 18.4 Å². The normalized spacial score (nSPS) is 10.8. The lowest BCUT2D eigenvalue weighted by Gasteiger charge is -2.18. The van der Waals surface area contributed by atoms with E-state index in [-0.39, 0.29) is 6.04 Å². The van der Waals surface area contributed by atoms with E-state index in [0.29, 0.717) is 21.7 Å². The number of benzene rings is 1. The summed E-state index contributed by atoms with van der Waals surface area (Å²) < 4.78 is 2.98. The van der Waals surface area contributed by atoms with E-state index in [1.54, 1.807) is 30.6 Å². The fourth-order valence-corrected chi connectivity index (χ4v) is 2.18. The van der Waals surface area contributed by atoms with Crippen LogP contribution in [0.25, 0.3) is 0 Å². The Hall–Kier alpha value is -1.37. The van der Waals surface area contributed by atoms with Crippen LogP contribution in [0.3, 0.4) is 0 Å². The van der Waals surface area contributed by atoms with E-state index in [9.17, 15) is 4.79 Å². The van der Waals surface area contributed by atoms with Crippen molar-refractivity contribution in [2.24, 2.45) is 0 Å². The second kappa shape index (κ2) is 6.60. The van der Waals surface area contributed by atoms with Crippen LogP contribution in [0.1, 0.15) is 19.9 Å². The van der Waals surface area contributed by atoms with E-state index in [1.807, 2.05) is 18.4 Å². The van der Waals surface area contributed by atoms with Gasteiger partial charge in [0.05, 0.1) is 15.7 Å². The number of hydrogen-bond acceptors (Lipinski definition) is 3. The standard InChI is InChI=1S/C13H14Cl2N4OS/c1-8(2)18-6-5-16-12(18)17-13(20)19(21)9-3-4-10(14)11(15)7-9/h3-8,21H,1-2H3,(H,16,17,20). The molecule has 0 radical (unpaired) electrons. The van der Waals surface area contributed by atoms with Crippen molar-refractivity contribution in [3.8, 4) is 0 Å². The SMILES string of the molecule is CC(C)n1ccnc1NC(=O)N(S)c1ccc(Cl)c(Cl)c1. The highest BCUT2D eigenvalue weighted by Gasteiger charge is 2.16. The van der Waals surface area contributed by atoms with Crippen LogP contribution in [0.5, 0.6) is 0 Å². The lowest BCUT2D eigenvalue weighted by molar-refractivity contribution is 0.260. The molecule has 2 amide bonds. The van der Waals surface area contributed by atoms with Crippen LogP contribution in [0.4, 0.5) is 16.4 Å². The quantitative estimate of drug-likeness (QED) is 0.796. The molecule has 0 aliphatic heterocycles. The van der Waals surface area contributed by atoms with Crippen molar-refractivity contribution >= 4 is 53.7 Å². The van der Waals surface area contributed by atoms with Gasteiger partial charge in [0.25, 0.3) is 0 Å². The van der Waals surface area contributed by atoms with Crippen molar-refractivity contribution < 1.29 is 4.79 Å². The van der Waals surface area contributed by atoms with E-state index in [0.717, 1.165) is 4.31 Å². The molecule has 2 rings (SSSR count). The predicted molar refractivity (Wildman–Crippen MR) is 89.6 cm³/mol. The first-order valence-corrected chi connectivity index (χ1v) is 7.33. The molecule has 1 aromatic carbocycles. The number of rotatable bonds is 3. The Morgan fingerprint density at radius 3 is 2.71 bits per heavy atom. The molecule has 0 saturated heterocycles. The molecule has 21 heavy (non-hydrogen) atoms. The number of halogens is 2. The summed E-state index contributed by atoms with van der Waals surface area (Å²) in [6.07, 6.45) is 3.42. The second-order valence-corrected chi connectivity index (χ2v) is 5.81. The predicted octanol–water partition coefficient (Wildman–Crippen LogP) is 4.65. The molecule has 1 aromatic heterocycles. The van der Waals surface area contributed by atoms with Crippen LogP contribution in [-0.2, 0) is 0 Å². The lowest BCUT2D eigenvalue weighted by atomic mass is 10.3. The summed E-state index contributed by atoms with van der Waals surface area (Å²) in [6.45, 7) is 3.99. The summed E-state index contributed by atoms with van der Waals surface area (Å²) >= 11 is 16.0. The van der Waals surface area contributed by atoms with Gasteiger partial charge in [-0.05, 0) is 32.0 Å². The highest BCUT2D eigenvalue weighted by molar-refractivity contribution is 7.82. The third-order valence-electron chi connectivity index (χ3n) is 2.78. The number of carbonyl (C=O) groups is 1. The van der Waals surface area contributed by atoms with Gasteiger partial charge < -0.3 is 4.57 Å². The average Bonchev–Trinajstić information content (AvgIpc) is 2.89. The summed E-state index contributed by atoms with van der Waals surface area (Å²) in [7, 11) is 0. The van der Waals surface area contributed by atoms with Crippen LogP contribution in [-0.4, -0.2) is 15.6 Å². The van der Waals surface area contributed by atoms with Gasteiger partial charge in [-0.15, -0.1) is 0 Å². The Balaban J connectivity index is 2.15. The number of carbonyl (C=O) groups excluding carboxylic acids is 1. The molecular formula is C13H14Cl2N4OS. The molecule has 0 spiro atoms. The fourth-order valence-electron chi connectivity index (χ4n) is 1.71. The largest absolute Gasteiger partial charge is 0.338 e. The molecule has 1 heterocycles. The number of nitrogens with zero attached hydrogens (tertiary/aromatic N) is 3. The molecule has 5 nitrogen and oxygen atoms in total. The summed E-state index contributed by atoms with van der Waals surface area (Å²) in [6, 6.07) is 4.55. The smallest absolute Gasteiger partial charge is 0.315 e. The maximum absolute atomic E-state index is 12.2. The number of nitrogens with one attached hydrogen (secondary N) is 1. The van der Waals surface area contributed by atoms with E-state index in [4.69, 9.17) is 23.2 Å². The van der Waals surface area contributed by atoms with Gasteiger partial charge >= 0.3 is 6.03 Å². The van der Waals surface area contributed by atoms with E-state index in [1.165, 1.54) is 0 Å². The Kier molecular flexibility index (Phi) is 5.03. The number of anilines is 2. The summed E-state index contributed by atoms with van der Waals surface area (Å²) in [4.78, 5) is 16.3. The van der Waals surface area contributed by atoms with Crippen molar-refractivity contribution in [3.05, 3.63) is 40.6 Å². The van der Waals surface area contributed by atoms with Crippen molar-refractivity contribution in [1.29, 1.82) is 0 Å². The first kappa shape index (κ1) is 16.0. The Labute approximate surface area is 138 Å². The summed E-state index contributed by atoms with van der Waals surface area (Å²) in [5.41, 5.74) is 0.507.